The van der Waals surface area contributed by atoms with Crippen LogP contribution in [-0.2, 0) is 16.1 Å². The molecule has 0 aliphatic carbocycles. The van der Waals surface area contributed by atoms with Crippen molar-refractivity contribution in [2.75, 3.05) is 25.1 Å². The number of likely N-dealkylation sites (N-methyl/N-ethyl adjacent to an activating group) is 1. The van der Waals surface area contributed by atoms with Crippen molar-refractivity contribution in [2.45, 2.75) is 25.4 Å². The number of ether oxygens (including phenoxy) is 1. The number of aliphatic carboxylic acids is 1. The minimum atomic E-state index is -0.977. The van der Waals surface area contributed by atoms with Gasteiger partial charge in [0.05, 0.1) is 6.61 Å². The molecule has 0 saturated heterocycles. The molecule has 166 valence electrons. The normalized spacial score (nSPS) is 17.3. The molecule has 0 saturated carbocycles. The number of halogens is 1. The minimum Gasteiger partial charge on any atom is -0.480 e. The van der Waals surface area contributed by atoms with E-state index in [1.807, 2.05) is 47.4 Å². The molecule has 32 heavy (non-hydrogen) atoms. The van der Waals surface area contributed by atoms with Crippen molar-refractivity contribution in [3.63, 3.8) is 0 Å². The maximum atomic E-state index is 14.0. The fraction of sp³-hybridized carbons (Fsp3) is 0.280. The Kier molecular flexibility index (Phi) is 5.99. The fourth-order valence-electron chi connectivity index (χ4n) is 4.52. The van der Waals surface area contributed by atoms with Crippen LogP contribution in [-0.4, -0.2) is 48.3 Å². The summed E-state index contributed by atoms with van der Waals surface area (Å²) in [6.45, 7) is 2.48. The highest BCUT2D eigenvalue weighted by Gasteiger charge is 2.43. The van der Waals surface area contributed by atoms with Crippen LogP contribution in [0, 0.1) is 5.82 Å². The molecular formula is C25H25FN2O4. The molecule has 2 unspecified atom stereocenters. The number of rotatable bonds is 6. The minimum absolute atomic E-state index is 0.202. The van der Waals surface area contributed by atoms with E-state index in [1.165, 1.54) is 17.0 Å². The Bertz CT molecular complexity index is 1170. The lowest BCUT2D eigenvalue weighted by molar-refractivity contribution is -0.139. The molecule has 1 aliphatic heterocycles. The smallest absolute Gasteiger partial charge is 0.409 e. The number of carboxylic acid groups (broad SMARTS) is 1. The SMILES string of the molecule is CCOC(=O)N(C)CC1c2ccccc2N(Cc2cccc3ccc(F)cc23)C1C(=O)O. The van der Waals surface area contributed by atoms with Gasteiger partial charge in [0, 0.05) is 31.7 Å². The van der Waals surface area contributed by atoms with Crippen LogP contribution in [0.1, 0.15) is 24.0 Å². The number of fused-ring (bicyclic) bond motifs is 2. The summed E-state index contributed by atoms with van der Waals surface area (Å²) < 4.78 is 19.0. The summed E-state index contributed by atoms with van der Waals surface area (Å²) in [5.41, 5.74) is 2.50. The lowest BCUT2D eigenvalue weighted by atomic mass is 9.94. The van der Waals surface area contributed by atoms with E-state index in [0.717, 1.165) is 27.6 Å². The van der Waals surface area contributed by atoms with Gasteiger partial charge in [0.2, 0.25) is 0 Å². The number of benzene rings is 3. The number of hydrogen-bond acceptors (Lipinski definition) is 4. The molecule has 7 heteroatoms. The number of para-hydroxylation sites is 1. The second-order valence-corrected chi connectivity index (χ2v) is 7.94. The van der Waals surface area contributed by atoms with Gasteiger partial charge in [-0.1, -0.05) is 42.5 Å². The second-order valence-electron chi connectivity index (χ2n) is 7.94. The van der Waals surface area contributed by atoms with Gasteiger partial charge in [0.25, 0.3) is 0 Å². The first-order chi connectivity index (χ1) is 15.4. The Labute approximate surface area is 185 Å². The number of hydrogen-bond donors (Lipinski definition) is 1. The van der Waals surface area contributed by atoms with E-state index in [9.17, 15) is 19.1 Å². The number of amides is 1. The summed E-state index contributed by atoms with van der Waals surface area (Å²) in [5, 5.41) is 11.8. The molecule has 0 fully saturated rings. The summed E-state index contributed by atoms with van der Waals surface area (Å²) in [6, 6.07) is 16.9. The van der Waals surface area contributed by atoms with E-state index >= 15 is 0 Å². The quantitative estimate of drug-likeness (QED) is 0.610. The molecule has 1 heterocycles. The molecule has 1 aliphatic rings. The summed E-state index contributed by atoms with van der Waals surface area (Å²) >= 11 is 0. The molecule has 3 aromatic carbocycles. The molecule has 0 aromatic heterocycles. The average molecular weight is 436 g/mol. The first-order valence-electron chi connectivity index (χ1n) is 10.5. The molecule has 0 spiro atoms. The number of carbonyl (C=O) groups excluding carboxylic acids is 1. The van der Waals surface area contributed by atoms with Crippen LogP contribution in [0.25, 0.3) is 10.8 Å². The van der Waals surface area contributed by atoms with E-state index in [1.54, 1.807) is 20.0 Å². The van der Waals surface area contributed by atoms with Crippen LogP contribution >= 0.6 is 0 Å². The standard InChI is InChI=1S/C25H25FN2O4/c1-3-32-25(31)27(2)15-21-19-9-4-5-10-22(19)28(23(21)24(29)30)14-17-8-6-7-16-11-12-18(26)13-20(16)17/h4-13,21,23H,3,14-15H2,1-2H3,(H,29,30). The lowest BCUT2D eigenvalue weighted by Crippen LogP contribution is -2.44. The lowest BCUT2D eigenvalue weighted by Gasteiger charge is -2.29. The van der Waals surface area contributed by atoms with Crippen molar-refractivity contribution in [3.05, 3.63) is 77.6 Å². The second kappa shape index (κ2) is 8.86. The zero-order valence-corrected chi connectivity index (χ0v) is 18.0. The Balaban J connectivity index is 1.73. The molecular weight excluding hydrogens is 411 g/mol. The van der Waals surface area contributed by atoms with Crippen molar-refractivity contribution < 1.29 is 23.8 Å². The molecule has 3 aromatic rings. The average Bonchev–Trinajstić information content (AvgIpc) is 3.08. The van der Waals surface area contributed by atoms with E-state index in [4.69, 9.17) is 4.74 Å². The maximum absolute atomic E-state index is 14.0. The summed E-state index contributed by atoms with van der Waals surface area (Å²) in [4.78, 5) is 27.9. The van der Waals surface area contributed by atoms with Crippen molar-refractivity contribution >= 4 is 28.5 Å². The summed E-state index contributed by atoms with van der Waals surface area (Å²) in [6.07, 6.45) is -0.489. The van der Waals surface area contributed by atoms with Crippen LogP contribution in [0.4, 0.5) is 14.9 Å². The first-order valence-corrected chi connectivity index (χ1v) is 10.5. The Morgan fingerprint density at radius 2 is 1.91 bits per heavy atom. The third kappa shape index (κ3) is 3.98. The highest BCUT2D eigenvalue weighted by molar-refractivity contribution is 5.88. The third-order valence-electron chi connectivity index (χ3n) is 5.94. The molecule has 2 atom stereocenters. The van der Waals surface area contributed by atoms with Gasteiger partial charge < -0.3 is 19.6 Å². The molecule has 1 N–H and O–H groups in total. The van der Waals surface area contributed by atoms with Crippen LogP contribution in [0.5, 0.6) is 0 Å². The van der Waals surface area contributed by atoms with Gasteiger partial charge in [0.1, 0.15) is 11.9 Å². The molecule has 6 nitrogen and oxygen atoms in total. The fourth-order valence-corrected chi connectivity index (χ4v) is 4.52. The van der Waals surface area contributed by atoms with Gasteiger partial charge in [-0.05, 0) is 47.0 Å². The van der Waals surface area contributed by atoms with Gasteiger partial charge in [0.15, 0.2) is 0 Å². The zero-order valence-electron chi connectivity index (χ0n) is 18.0. The monoisotopic (exact) mass is 436 g/mol. The van der Waals surface area contributed by atoms with E-state index in [0.29, 0.717) is 6.54 Å². The number of carbonyl (C=O) groups is 2. The van der Waals surface area contributed by atoms with Crippen molar-refractivity contribution in [2.24, 2.45) is 0 Å². The highest BCUT2D eigenvalue weighted by atomic mass is 19.1. The van der Waals surface area contributed by atoms with Crippen LogP contribution in [0.3, 0.4) is 0 Å². The van der Waals surface area contributed by atoms with Crippen molar-refractivity contribution in [3.8, 4) is 0 Å². The van der Waals surface area contributed by atoms with Crippen molar-refractivity contribution in [1.82, 2.24) is 4.90 Å². The van der Waals surface area contributed by atoms with E-state index < -0.39 is 24.0 Å². The summed E-state index contributed by atoms with van der Waals surface area (Å²) in [5.74, 6) is -1.75. The number of nitrogens with zero attached hydrogens (tertiary/aromatic N) is 2. The molecule has 4 rings (SSSR count). The van der Waals surface area contributed by atoms with E-state index in [2.05, 4.69) is 0 Å². The van der Waals surface area contributed by atoms with E-state index in [-0.39, 0.29) is 19.0 Å². The zero-order chi connectivity index (χ0) is 22.8. The topological polar surface area (TPSA) is 70.1 Å². The molecule has 0 radical (unpaired) electrons. The molecule has 0 bridgehead atoms. The number of anilines is 1. The largest absolute Gasteiger partial charge is 0.480 e. The van der Waals surface area contributed by atoms with Crippen molar-refractivity contribution in [1.29, 1.82) is 0 Å². The van der Waals surface area contributed by atoms with Crippen LogP contribution in [0.15, 0.2) is 60.7 Å². The van der Waals surface area contributed by atoms with Crippen LogP contribution in [0.2, 0.25) is 0 Å². The third-order valence-corrected chi connectivity index (χ3v) is 5.94. The van der Waals surface area contributed by atoms with Gasteiger partial charge in [-0.15, -0.1) is 0 Å². The predicted octanol–water partition coefficient (Wildman–Crippen LogP) is 4.62. The Hall–Kier alpha value is -3.61. The molecule has 1 amide bonds. The number of carboxylic acids is 1. The van der Waals surface area contributed by atoms with Gasteiger partial charge in [-0.2, -0.15) is 0 Å². The summed E-state index contributed by atoms with van der Waals surface area (Å²) in [7, 11) is 1.61. The van der Waals surface area contributed by atoms with Gasteiger partial charge in [-0.3, -0.25) is 0 Å². The van der Waals surface area contributed by atoms with Gasteiger partial charge >= 0.3 is 12.1 Å². The maximum Gasteiger partial charge on any atom is 0.409 e. The van der Waals surface area contributed by atoms with Crippen LogP contribution < -0.4 is 4.90 Å². The first kappa shape index (κ1) is 21.6. The predicted molar refractivity (Wildman–Crippen MR) is 120 cm³/mol. The van der Waals surface area contributed by atoms with Gasteiger partial charge in [-0.25, -0.2) is 14.0 Å². The Morgan fingerprint density at radius 1 is 1.12 bits per heavy atom. The Morgan fingerprint density at radius 3 is 2.66 bits per heavy atom. The highest BCUT2D eigenvalue weighted by Crippen LogP contribution is 2.42.